The highest BCUT2D eigenvalue weighted by atomic mass is 19.3. The molecule has 0 N–H and O–H groups in total. The quantitative estimate of drug-likeness (QED) is 0.187. The second kappa shape index (κ2) is 15.0. The van der Waals surface area contributed by atoms with Gasteiger partial charge in [0.15, 0.2) is 11.5 Å². The Kier molecular flexibility index (Phi) is 10.8. The van der Waals surface area contributed by atoms with Crippen LogP contribution in [-0.4, -0.2) is 68.1 Å². The average Bonchev–Trinajstić information content (AvgIpc) is 3.43. The van der Waals surface area contributed by atoms with Gasteiger partial charge >= 0.3 is 5.92 Å². The Labute approximate surface area is 270 Å². The molecule has 2 saturated heterocycles. The first-order chi connectivity index (χ1) is 22.3. The number of halogens is 2. The summed E-state index contributed by atoms with van der Waals surface area (Å²) in [5.74, 6) is -5.02. The van der Waals surface area contributed by atoms with Crippen molar-refractivity contribution in [3.63, 3.8) is 0 Å². The summed E-state index contributed by atoms with van der Waals surface area (Å²) in [6.07, 6.45) is 6.75. The van der Waals surface area contributed by atoms with Crippen LogP contribution in [0.2, 0.25) is 0 Å². The number of aryl methyl sites for hydroxylation is 2. The lowest BCUT2D eigenvalue weighted by atomic mass is 9.92. The van der Waals surface area contributed by atoms with Gasteiger partial charge in [-0.1, -0.05) is 60.7 Å². The molecule has 0 spiro atoms. The summed E-state index contributed by atoms with van der Waals surface area (Å²) in [6.45, 7) is 0.834. The number of likely N-dealkylation sites (tertiary alicyclic amines) is 1. The van der Waals surface area contributed by atoms with E-state index in [0.29, 0.717) is 19.4 Å². The molecule has 246 valence electrons. The summed E-state index contributed by atoms with van der Waals surface area (Å²) in [5, 5.41) is 0. The van der Waals surface area contributed by atoms with E-state index in [2.05, 4.69) is 24.3 Å². The number of hydrogen-bond acceptors (Lipinski definition) is 5. The lowest BCUT2D eigenvalue weighted by molar-refractivity contribution is -0.170. The van der Waals surface area contributed by atoms with Gasteiger partial charge in [-0.3, -0.25) is 9.59 Å². The number of amides is 2. The van der Waals surface area contributed by atoms with Crippen LogP contribution in [0.15, 0.2) is 72.8 Å². The highest BCUT2D eigenvalue weighted by molar-refractivity contribution is 5.93. The first kappa shape index (κ1) is 33.2. The lowest BCUT2D eigenvalue weighted by Gasteiger charge is -2.42. The number of carbonyl (C=O) groups is 2. The van der Waals surface area contributed by atoms with E-state index < -0.39 is 29.5 Å². The number of rotatable bonds is 15. The maximum atomic E-state index is 15.9. The lowest BCUT2D eigenvalue weighted by Crippen LogP contribution is -2.61. The molecule has 7 nitrogen and oxygen atoms in total. The zero-order valence-corrected chi connectivity index (χ0v) is 26.9. The van der Waals surface area contributed by atoms with Crippen LogP contribution in [0.1, 0.15) is 55.2 Å². The average molecular weight is 635 g/mol. The first-order valence-corrected chi connectivity index (χ1v) is 16.1. The van der Waals surface area contributed by atoms with E-state index in [4.69, 9.17) is 14.2 Å². The van der Waals surface area contributed by atoms with Crippen LogP contribution in [0, 0.1) is 5.92 Å². The largest absolute Gasteiger partial charge is 0.493 e. The Hall–Kier alpha value is -4.14. The fourth-order valence-electron chi connectivity index (χ4n) is 7.00. The van der Waals surface area contributed by atoms with Crippen LogP contribution >= 0.6 is 0 Å². The molecule has 2 heterocycles. The van der Waals surface area contributed by atoms with E-state index in [9.17, 15) is 9.59 Å². The number of methoxy groups -OCH3 is 3. The minimum absolute atomic E-state index is 0.0266. The zero-order chi connectivity index (χ0) is 32.7. The molecule has 0 radical (unpaired) electrons. The molecule has 46 heavy (non-hydrogen) atoms. The van der Waals surface area contributed by atoms with Crippen LogP contribution < -0.4 is 14.2 Å². The second-order valence-electron chi connectivity index (χ2n) is 12.3. The van der Waals surface area contributed by atoms with E-state index in [1.165, 1.54) is 32.5 Å². The SMILES string of the molecule is COc1cc(C(F)(F)C(=O)N2[C@@H]3CC[C@H]2C(=O)N(CC(CCCc2ccccc2)CCCc2ccccc2)C3)cc(OC)c1OC. The fraction of sp³-hybridized carbons (Fsp3) is 0.459. The van der Waals surface area contributed by atoms with Crippen molar-refractivity contribution in [2.75, 3.05) is 34.4 Å². The van der Waals surface area contributed by atoms with Gasteiger partial charge in [0.1, 0.15) is 6.04 Å². The van der Waals surface area contributed by atoms with E-state index in [0.717, 1.165) is 55.6 Å². The minimum Gasteiger partial charge on any atom is -0.493 e. The van der Waals surface area contributed by atoms with E-state index in [-0.39, 0.29) is 35.6 Å². The molecular formula is C37H44F2N2O5. The van der Waals surface area contributed by atoms with Crippen LogP contribution in [0.4, 0.5) is 8.78 Å². The van der Waals surface area contributed by atoms with Crippen molar-refractivity contribution >= 4 is 11.8 Å². The number of fused-ring (bicyclic) bond motifs is 2. The molecule has 2 atom stereocenters. The van der Waals surface area contributed by atoms with Gasteiger partial charge in [-0.2, -0.15) is 8.78 Å². The highest BCUT2D eigenvalue weighted by Gasteiger charge is 2.55. The van der Waals surface area contributed by atoms with E-state index >= 15 is 8.78 Å². The summed E-state index contributed by atoms with van der Waals surface area (Å²) < 4.78 is 47.6. The van der Waals surface area contributed by atoms with Gasteiger partial charge in [0.25, 0.3) is 5.91 Å². The monoisotopic (exact) mass is 634 g/mol. The van der Waals surface area contributed by atoms with Gasteiger partial charge in [0, 0.05) is 18.7 Å². The summed E-state index contributed by atoms with van der Waals surface area (Å²) in [5.41, 5.74) is 2.01. The first-order valence-electron chi connectivity index (χ1n) is 16.1. The molecule has 9 heteroatoms. The maximum absolute atomic E-state index is 15.9. The summed E-state index contributed by atoms with van der Waals surface area (Å²) in [7, 11) is 4.04. The van der Waals surface area contributed by atoms with Crippen molar-refractivity contribution in [2.24, 2.45) is 5.92 Å². The smallest absolute Gasteiger partial charge is 0.350 e. The topological polar surface area (TPSA) is 68.3 Å². The van der Waals surface area contributed by atoms with Gasteiger partial charge in [-0.25, -0.2) is 0 Å². The second-order valence-corrected chi connectivity index (χ2v) is 12.3. The third-order valence-corrected chi connectivity index (χ3v) is 9.38. The van der Waals surface area contributed by atoms with Gasteiger partial charge in [-0.05, 0) is 80.5 Å². The fourth-order valence-corrected chi connectivity index (χ4v) is 7.00. The number of benzene rings is 3. The molecular weight excluding hydrogens is 590 g/mol. The van der Waals surface area contributed by atoms with Crippen LogP contribution in [-0.2, 0) is 28.4 Å². The number of ether oxygens (including phenoxy) is 3. The Morgan fingerprint density at radius 1 is 0.848 bits per heavy atom. The third-order valence-electron chi connectivity index (χ3n) is 9.38. The number of carbonyl (C=O) groups excluding carboxylic acids is 2. The zero-order valence-electron chi connectivity index (χ0n) is 26.9. The maximum Gasteiger partial charge on any atom is 0.350 e. The number of nitrogens with zero attached hydrogens (tertiary/aromatic N) is 2. The molecule has 2 bridgehead atoms. The standard InChI is InChI=1S/C37H44F2N2O5/c1-44-32-22-29(23-33(45-2)34(32)46-3)37(38,39)36(43)41-30-20-21-31(41)35(42)40(25-30)24-28(18-10-16-26-12-6-4-7-13-26)19-11-17-27-14-8-5-9-15-27/h4-9,12-15,22-23,28,30-31H,10-11,16-21,24-25H2,1-3H3/t30-,31+/m1/s1. The van der Waals surface area contributed by atoms with Crippen molar-refractivity contribution < 1.29 is 32.6 Å². The predicted octanol–water partition coefficient (Wildman–Crippen LogP) is 6.67. The summed E-state index contributed by atoms with van der Waals surface area (Å²) in [4.78, 5) is 30.3. The van der Waals surface area contributed by atoms with Crippen LogP contribution in [0.3, 0.4) is 0 Å². The molecule has 3 aromatic carbocycles. The highest BCUT2D eigenvalue weighted by Crippen LogP contribution is 2.45. The van der Waals surface area contributed by atoms with E-state index in [1.54, 1.807) is 0 Å². The molecule has 5 rings (SSSR count). The molecule has 0 unspecified atom stereocenters. The van der Waals surface area contributed by atoms with Crippen molar-refractivity contribution in [2.45, 2.75) is 69.4 Å². The Balaban J connectivity index is 1.28. The van der Waals surface area contributed by atoms with E-state index in [1.807, 2.05) is 41.3 Å². The van der Waals surface area contributed by atoms with Crippen LogP contribution in [0.5, 0.6) is 17.2 Å². The third kappa shape index (κ3) is 7.29. The van der Waals surface area contributed by atoms with Crippen molar-refractivity contribution in [1.82, 2.24) is 9.80 Å². The predicted molar refractivity (Wildman–Crippen MR) is 172 cm³/mol. The summed E-state index contributed by atoms with van der Waals surface area (Å²) >= 11 is 0. The number of piperazine rings is 1. The van der Waals surface area contributed by atoms with Crippen molar-refractivity contribution in [3.05, 3.63) is 89.5 Å². The number of alkyl halides is 2. The van der Waals surface area contributed by atoms with Gasteiger partial charge < -0.3 is 24.0 Å². The minimum atomic E-state index is -3.90. The van der Waals surface area contributed by atoms with Crippen LogP contribution in [0.25, 0.3) is 0 Å². The summed E-state index contributed by atoms with van der Waals surface area (Å²) in [6, 6.07) is 21.6. The molecule has 2 aliphatic rings. The molecule has 3 aromatic rings. The molecule has 2 aliphatic heterocycles. The molecule has 2 fully saturated rings. The Bertz CT molecular complexity index is 1400. The molecule has 0 saturated carbocycles. The van der Waals surface area contributed by atoms with Crippen molar-refractivity contribution in [3.8, 4) is 17.2 Å². The van der Waals surface area contributed by atoms with Gasteiger partial charge in [-0.15, -0.1) is 0 Å². The Morgan fingerprint density at radius 3 is 1.89 bits per heavy atom. The van der Waals surface area contributed by atoms with Crippen molar-refractivity contribution in [1.29, 1.82) is 0 Å². The molecule has 0 aromatic heterocycles. The Morgan fingerprint density at radius 2 is 1.39 bits per heavy atom. The normalized spacial score (nSPS) is 17.8. The molecule has 2 amide bonds. The van der Waals surface area contributed by atoms with Gasteiger partial charge in [0.05, 0.1) is 27.4 Å². The van der Waals surface area contributed by atoms with Gasteiger partial charge in [0.2, 0.25) is 11.7 Å². The number of hydrogen-bond donors (Lipinski definition) is 0. The molecule has 0 aliphatic carbocycles.